The van der Waals surface area contributed by atoms with E-state index < -0.39 is 9.17 Å². The lowest BCUT2D eigenvalue weighted by molar-refractivity contribution is 0.0950. The van der Waals surface area contributed by atoms with Crippen molar-refractivity contribution in [1.29, 1.82) is 0 Å². The average Bonchev–Trinajstić information content (AvgIpc) is 2.96. The highest BCUT2D eigenvalue weighted by molar-refractivity contribution is 8.00. The standard InChI is InChI=1S/C17H13Cl3N2O2S/c1-10-6-8-11(9-7-10)14(23)22-15(17(18,19)20)25-16-21-12-4-2-3-5-13(12)24-16/h2-9,15H,1H3,(H,22,23). The van der Waals surface area contributed by atoms with Gasteiger partial charge in [-0.15, -0.1) is 0 Å². The van der Waals surface area contributed by atoms with E-state index in [1.807, 2.05) is 37.3 Å². The first-order valence-corrected chi connectivity index (χ1v) is 9.31. The molecule has 0 aliphatic carbocycles. The third-order valence-corrected chi connectivity index (χ3v) is 5.49. The Bertz CT molecular complexity index is 858. The maximum absolute atomic E-state index is 12.4. The van der Waals surface area contributed by atoms with Crippen LogP contribution in [0.3, 0.4) is 0 Å². The van der Waals surface area contributed by atoms with Gasteiger partial charge in [0.15, 0.2) is 5.58 Å². The quantitative estimate of drug-likeness (QED) is 0.354. The van der Waals surface area contributed by atoms with Gasteiger partial charge in [-0.2, -0.15) is 0 Å². The number of nitrogens with one attached hydrogen (secondary N) is 1. The highest BCUT2D eigenvalue weighted by atomic mass is 35.6. The van der Waals surface area contributed by atoms with Gasteiger partial charge in [0.25, 0.3) is 11.1 Å². The van der Waals surface area contributed by atoms with Crippen LogP contribution in [0.4, 0.5) is 0 Å². The number of carbonyl (C=O) groups excluding carboxylic acids is 1. The minimum atomic E-state index is -1.74. The maximum atomic E-state index is 12.4. The number of aromatic nitrogens is 1. The Morgan fingerprint density at radius 2 is 1.84 bits per heavy atom. The number of hydrogen-bond acceptors (Lipinski definition) is 4. The summed E-state index contributed by atoms with van der Waals surface area (Å²) in [6.07, 6.45) is 0. The number of rotatable bonds is 4. The smallest absolute Gasteiger partial charge is 0.258 e. The van der Waals surface area contributed by atoms with E-state index in [9.17, 15) is 4.79 Å². The summed E-state index contributed by atoms with van der Waals surface area (Å²) in [7, 11) is 0. The predicted molar refractivity (Wildman–Crippen MR) is 103 cm³/mol. The molecule has 0 aliphatic heterocycles. The Kier molecular flexibility index (Phi) is 5.49. The number of alkyl halides is 3. The van der Waals surface area contributed by atoms with Crippen molar-refractivity contribution in [1.82, 2.24) is 10.3 Å². The highest BCUT2D eigenvalue weighted by Crippen LogP contribution is 2.39. The van der Waals surface area contributed by atoms with Crippen molar-refractivity contribution in [2.24, 2.45) is 0 Å². The molecule has 1 amide bonds. The minimum absolute atomic E-state index is 0.307. The molecule has 0 radical (unpaired) electrons. The summed E-state index contributed by atoms with van der Waals surface area (Å²) >= 11 is 19.1. The van der Waals surface area contributed by atoms with Crippen LogP contribution in [0, 0.1) is 6.92 Å². The number of halogens is 3. The van der Waals surface area contributed by atoms with E-state index in [2.05, 4.69) is 10.3 Å². The van der Waals surface area contributed by atoms with Crippen LogP contribution in [0.2, 0.25) is 0 Å². The van der Waals surface area contributed by atoms with Gasteiger partial charge >= 0.3 is 0 Å². The van der Waals surface area contributed by atoms with Crippen molar-refractivity contribution in [3.8, 4) is 0 Å². The number of amides is 1. The van der Waals surface area contributed by atoms with Crippen LogP contribution in [-0.4, -0.2) is 20.1 Å². The summed E-state index contributed by atoms with van der Waals surface area (Å²) in [6, 6.07) is 14.4. The molecule has 3 rings (SSSR count). The average molecular weight is 416 g/mol. The first kappa shape index (κ1) is 18.4. The van der Waals surface area contributed by atoms with E-state index >= 15 is 0 Å². The molecule has 3 aromatic rings. The van der Waals surface area contributed by atoms with Crippen molar-refractivity contribution >= 4 is 63.6 Å². The number of carbonyl (C=O) groups is 1. The number of oxazole rings is 1. The molecule has 0 spiro atoms. The Hall–Kier alpha value is -1.40. The summed E-state index contributed by atoms with van der Waals surface area (Å²) in [5.41, 5.74) is 2.84. The van der Waals surface area contributed by atoms with Crippen molar-refractivity contribution < 1.29 is 9.21 Å². The van der Waals surface area contributed by atoms with Gasteiger partial charge in [0.1, 0.15) is 10.9 Å². The predicted octanol–water partition coefficient (Wildman–Crippen LogP) is 5.35. The molecule has 4 nitrogen and oxygen atoms in total. The monoisotopic (exact) mass is 414 g/mol. The van der Waals surface area contributed by atoms with Gasteiger partial charge in [0, 0.05) is 5.56 Å². The topological polar surface area (TPSA) is 55.1 Å². The van der Waals surface area contributed by atoms with Gasteiger partial charge in [-0.05, 0) is 43.0 Å². The van der Waals surface area contributed by atoms with E-state index in [4.69, 9.17) is 39.2 Å². The molecule has 130 valence electrons. The highest BCUT2D eigenvalue weighted by Gasteiger charge is 2.36. The molecule has 8 heteroatoms. The molecule has 1 N–H and O–H groups in total. The molecule has 1 unspecified atom stereocenters. The molecular weight excluding hydrogens is 403 g/mol. The van der Waals surface area contributed by atoms with Crippen molar-refractivity contribution in [3.63, 3.8) is 0 Å². The number of thioether (sulfide) groups is 1. The molecule has 2 aromatic carbocycles. The van der Waals surface area contributed by atoms with Crippen LogP contribution < -0.4 is 5.32 Å². The zero-order valence-electron chi connectivity index (χ0n) is 13.0. The van der Waals surface area contributed by atoms with Crippen LogP contribution >= 0.6 is 46.6 Å². The lowest BCUT2D eigenvalue weighted by Crippen LogP contribution is -2.41. The van der Waals surface area contributed by atoms with E-state index in [0.717, 1.165) is 17.3 Å². The van der Waals surface area contributed by atoms with Gasteiger partial charge in [-0.3, -0.25) is 4.79 Å². The first-order chi connectivity index (χ1) is 11.8. The van der Waals surface area contributed by atoms with Gasteiger partial charge in [0.05, 0.1) is 0 Å². The summed E-state index contributed by atoms with van der Waals surface area (Å²) < 4.78 is 3.88. The van der Waals surface area contributed by atoms with Crippen molar-refractivity contribution in [3.05, 3.63) is 59.7 Å². The molecule has 0 bridgehead atoms. The van der Waals surface area contributed by atoms with Crippen molar-refractivity contribution in [2.45, 2.75) is 21.3 Å². The fourth-order valence-electron chi connectivity index (χ4n) is 2.09. The second-order valence-corrected chi connectivity index (χ2v) is 8.75. The third kappa shape index (κ3) is 4.61. The number of benzene rings is 2. The largest absolute Gasteiger partial charge is 0.431 e. The third-order valence-electron chi connectivity index (χ3n) is 3.37. The van der Waals surface area contributed by atoms with Crippen LogP contribution in [0.1, 0.15) is 15.9 Å². The zero-order chi connectivity index (χ0) is 18.0. The molecule has 0 aliphatic rings. The summed E-state index contributed by atoms with van der Waals surface area (Å²) in [5.74, 6) is -0.347. The molecule has 0 saturated carbocycles. The van der Waals surface area contributed by atoms with Gasteiger partial charge in [0.2, 0.25) is 3.79 Å². The lowest BCUT2D eigenvalue weighted by Gasteiger charge is -2.23. The number of aryl methyl sites for hydroxylation is 1. The Balaban J connectivity index is 1.80. The van der Waals surface area contributed by atoms with Gasteiger partial charge in [-0.1, -0.05) is 64.6 Å². The zero-order valence-corrected chi connectivity index (χ0v) is 16.1. The molecule has 25 heavy (non-hydrogen) atoms. The molecule has 1 heterocycles. The van der Waals surface area contributed by atoms with E-state index in [1.54, 1.807) is 18.2 Å². The normalized spacial score (nSPS) is 13.0. The van der Waals surface area contributed by atoms with Crippen LogP contribution in [-0.2, 0) is 0 Å². The van der Waals surface area contributed by atoms with Crippen LogP contribution in [0.15, 0.2) is 58.2 Å². The number of nitrogens with zero attached hydrogens (tertiary/aromatic N) is 1. The Labute approximate surface area is 163 Å². The van der Waals surface area contributed by atoms with Gasteiger partial charge < -0.3 is 9.73 Å². The van der Waals surface area contributed by atoms with Crippen LogP contribution in [0.5, 0.6) is 0 Å². The van der Waals surface area contributed by atoms with Crippen LogP contribution in [0.25, 0.3) is 11.1 Å². The molecular formula is C17H13Cl3N2O2S. The number of fused-ring (bicyclic) bond motifs is 1. The first-order valence-electron chi connectivity index (χ1n) is 7.29. The van der Waals surface area contributed by atoms with E-state index in [0.29, 0.717) is 21.9 Å². The minimum Gasteiger partial charge on any atom is -0.431 e. The SMILES string of the molecule is Cc1ccc(C(=O)NC(Sc2nc3ccccc3o2)C(Cl)(Cl)Cl)cc1. The fraction of sp³-hybridized carbons (Fsp3) is 0.176. The second-order valence-electron chi connectivity index (χ2n) is 5.33. The molecule has 0 fully saturated rings. The fourth-order valence-corrected chi connectivity index (χ4v) is 3.44. The summed E-state index contributed by atoms with van der Waals surface area (Å²) in [5, 5.41) is 2.15. The van der Waals surface area contributed by atoms with E-state index in [1.165, 1.54) is 0 Å². The second kappa shape index (κ2) is 7.46. The molecule has 1 aromatic heterocycles. The summed E-state index contributed by atoms with van der Waals surface area (Å²) in [4.78, 5) is 16.8. The lowest BCUT2D eigenvalue weighted by atomic mass is 10.1. The summed E-state index contributed by atoms with van der Waals surface area (Å²) in [6.45, 7) is 1.94. The Morgan fingerprint density at radius 3 is 2.48 bits per heavy atom. The molecule has 1 atom stereocenters. The number of para-hydroxylation sites is 2. The van der Waals surface area contributed by atoms with Gasteiger partial charge in [-0.25, -0.2) is 4.98 Å². The Morgan fingerprint density at radius 1 is 1.16 bits per heavy atom. The van der Waals surface area contributed by atoms with Crippen molar-refractivity contribution in [2.75, 3.05) is 0 Å². The maximum Gasteiger partial charge on any atom is 0.258 e. The number of hydrogen-bond donors (Lipinski definition) is 1. The van der Waals surface area contributed by atoms with E-state index in [-0.39, 0.29) is 5.91 Å². The molecule has 0 saturated heterocycles.